The highest BCUT2D eigenvalue weighted by Crippen LogP contribution is 2.34. The van der Waals surface area contributed by atoms with Gasteiger partial charge in [0.25, 0.3) is 0 Å². The highest BCUT2D eigenvalue weighted by Gasteiger charge is 2.27. The molecule has 0 saturated carbocycles. The Balaban J connectivity index is 2.29. The topological polar surface area (TPSA) is 26.3 Å². The first-order chi connectivity index (χ1) is 6.52. The minimum atomic E-state index is -0.0623. The predicted octanol–water partition coefficient (Wildman–Crippen LogP) is 2.93. The first-order valence-corrected chi connectivity index (χ1v) is 5.35. The third-order valence-electron chi connectivity index (χ3n) is 2.53. The van der Waals surface area contributed by atoms with Gasteiger partial charge < -0.3 is 4.74 Å². The van der Waals surface area contributed by atoms with E-state index in [2.05, 4.69) is 19.1 Å². The molecule has 0 amide bonds. The normalized spacial score (nSPS) is 25.7. The van der Waals surface area contributed by atoms with Crippen LogP contribution >= 0.6 is 0 Å². The van der Waals surface area contributed by atoms with E-state index in [1.807, 2.05) is 13.8 Å². The van der Waals surface area contributed by atoms with Gasteiger partial charge in [0.1, 0.15) is 0 Å². The third kappa shape index (κ3) is 3.52. The van der Waals surface area contributed by atoms with E-state index in [1.54, 1.807) is 0 Å². The summed E-state index contributed by atoms with van der Waals surface area (Å²) in [6, 6.07) is 0. The van der Waals surface area contributed by atoms with E-state index in [1.165, 1.54) is 0 Å². The Kier molecular flexibility index (Phi) is 3.73. The van der Waals surface area contributed by atoms with Crippen LogP contribution in [0.15, 0.2) is 12.2 Å². The van der Waals surface area contributed by atoms with Gasteiger partial charge in [-0.25, -0.2) is 0 Å². The number of carbonyl (C=O) groups excluding carboxylic acids is 1. The van der Waals surface area contributed by atoms with Crippen LogP contribution in [0.4, 0.5) is 0 Å². The Morgan fingerprint density at radius 1 is 1.57 bits per heavy atom. The average Bonchev–Trinajstić information content (AvgIpc) is 2.48. The maximum absolute atomic E-state index is 11.5. The van der Waals surface area contributed by atoms with Gasteiger partial charge in [-0.2, -0.15) is 0 Å². The van der Waals surface area contributed by atoms with E-state index in [0.29, 0.717) is 18.9 Å². The van der Waals surface area contributed by atoms with Crippen LogP contribution in [0.25, 0.3) is 0 Å². The Morgan fingerprint density at radius 3 is 2.79 bits per heavy atom. The van der Waals surface area contributed by atoms with Crippen molar-refractivity contribution in [3.05, 3.63) is 12.2 Å². The van der Waals surface area contributed by atoms with Crippen molar-refractivity contribution in [3.63, 3.8) is 0 Å². The van der Waals surface area contributed by atoms with Gasteiger partial charge in [-0.15, -0.1) is 0 Å². The maximum atomic E-state index is 11.5. The Bertz CT molecular complexity index is 230. The van der Waals surface area contributed by atoms with Crippen molar-refractivity contribution in [2.75, 3.05) is 6.61 Å². The molecule has 0 spiro atoms. The van der Waals surface area contributed by atoms with Gasteiger partial charge in [0, 0.05) is 0 Å². The summed E-state index contributed by atoms with van der Waals surface area (Å²) in [6.07, 6.45) is 6.98. The summed E-state index contributed by atoms with van der Waals surface area (Å²) in [4.78, 5) is 11.5. The van der Waals surface area contributed by atoms with E-state index < -0.39 is 0 Å². The first-order valence-electron chi connectivity index (χ1n) is 5.35. The van der Waals surface area contributed by atoms with Gasteiger partial charge in [0.05, 0.1) is 13.0 Å². The molecule has 0 bridgehead atoms. The Hall–Kier alpha value is -0.790. The van der Waals surface area contributed by atoms with Crippen molar-refractivity contribution >= 4 is 5.97 Å². The summed E-state index contributed by atoms with van der Waals surface area (Å²) < 4.78 is 5.16. The summed E-state index contributed by atoms with van der Waals surface area (Å²) >= 11 is 0. The molecule has 0 fully saturated rings. The number of esters is 1. The molecular formula is C12H20O2. The number of ether oxygens (including phenoxy) is 1. The van der Waals surface area contributed by atoms with Crippen LogP contribution < -0.4 is 0 Å². The van der Waals surface area contributed by atoms with Crippen molar-refractivity contribution in [1.29, 1.82) is 0 Å². The van der Waals surface area contributed by atoms with Crippen molar-refractivity contribution < 1.29 is 9.53 Å². The molecule has 1 rings (SSSR count). The summed E-state index contributed by atoms with van der Waals surface area (Å²) in [5.74, 6) is 0.360. The summed E-state index contributed by atoms with van der Waals surface area (Å²) in [5, 5.41) is 0. The molecule has 1 atom stereocenters. The van der Waals surface area contributed by atoms with Crippen LogP contribution in [0, 0.1) is 11.3 Å². The van der Waals surface area contributed by atoms with Gasteiger partial charge in [0.15, 0.2) is 0 Å². The number of hydrogen-bond acceptors (Lipinski definition) is 2. The van der Waals surface area contributed by atoms with Gasteiger partial charge in [-0.05, 0) is 24.2 Å². The van der Waals surface area contributed by atoms with Gasteiger partial charge >= 0.3 is 5.97 Å². The molecule has 0 N–H and O–H groups in total. The van der Waals surface area contributed by atoms with Crippen molar-refractivity contribution in [3.8, 4) is 0 Å². The fourth-order valence-corrected chi connectivity index (χ4v) is 1.65. The number of carbonyl (C=O) groups is 1. The molecule has 0 heterocycles. The highest BCUT2D eigenvalue weighted by atomic mass is 16.5. The molecule has 0 aromatic heterocycles. The van der Waals surface area contributed by atoms with Crippen LogP contribution in [-0.4, -0.2) is 12.6 Å². The second kappa shape index (κ2) is 4.63. The molecule has 14 heavy (non-hydrogen) atoms. The van der Waals surface area contributed by atoms with E-state index in [-0.39, 0.29) is 11.4 Å². The third-order valence-corrected chi connectivity index (χ3v) is 2.53. The second-order valence-electron chi connectivity index (χ2n) is 4.85. The minimum Gasteiger partial charge on any atom is -0.465 e. The zero-order chi connectivity index (χ0) is 10.6. The van der Waals surface area contributed by atoms with Crippen LogP contribution in [-0.2, 0) is 9.53 Å². The highest BCUT2D eigenvalue weighted by molar-refractivity contribution is 5.70. The van der Waals surface area contributed by atoms with Crippen molar-refractivity contribution in [2.24, 2.45) is 11.3 Å². The SMILES string of the molecule is CC(C)COC(=O)CC1(C)C=CCC1. The van der Waals surface area contributed by atoms with Gasteiger partial charge in [-0.1, -0.05) is 32.9 Å². The molecule has 1 aliphatic carbocycles. The number of rotatable bonds is 4. The lowest BCUT2D eigenvalue weighted by Gasteiger charge is -2.20. The maximum Gasteiger partial charge on any atom is 0.306 e. The monoisotopic (exact) mass is 196 g/mol. The van der Waals surface area contributed by atoms with Gasteiger partial charge in [0.2, 0.25) is 0 Å². The van der Waals surface area contributed by atoms with Crippen LogP contribution in [0.2, 0.25) is 0 Å². The second-order valence-corrected chi connectivity index (χ2v) is 4.85. The van der Waals surface area contributed by atoms with Crippen LogP contribution in [0.1, 0.15) is 40.0 Å². The molecule has 80 valence electrons. The Morgan fingerprint density at radius 2 is 2.29 bits per heavy atom. The minimum absolute atomic E-state index is 0.0497. The zero-order valence-electron chi connectivity index (χ0n) is 9.38. The molecule has 0 radical (unpaired) electrons. The van der Waals surface area contributed by atoms with E-state index >= 15 is 0 Å². The fourth-order valence-electron chi connectivity index (χ4n) is 1.65. The quantitative estimate of drug-likeness (QED) is 0.510. The largest absolute Gasteiger partial charge is 0.465 e. The molecular weight excluding hydrogens is 176 g/mol. The molecule has 0 aliphatic heterocycles. The molecule has 0 aromatic rings. The van der Waals surface area contributed by atoms with Crippen LogP contribution in [0.3, 0.4) is 0 Å². The lowest BCUT2D eigenvalue weighted by Crippen LogP contribution is -2.19. The van der Waals surface area contributed by atoms with Crippen LogP contribution in [0.5, 0.6) is 0 Å². The lowest BCUT2D eigenvalue weighted by atomic mass is 9.87. The molecule has 0 saturated heterocycles. The average molecular weight is 196 g/mol. The molecule has 0 aromatic carbocycles. The van der Waals surface area contributed by atoms with E-state index in [9.17, 15) is 4.79 Å². The zero-order valence-corrected chi connectivity index (χ0v) is 9.38. The van der Waals surface area contributed by atoms with E-state index in [0.717, 1.165) is 12.8 Å². The van der Waals surface area contributed by atoms with Gasteiger partial charge in [-0.3, -0.25) is 4.79 Å². The fraction of sp³-hybridized carbons (Fsp3) is 0.750. The summed E-state index contributed by atoms with van der Waals surface area (Å²) in [6.45, 7) is 6.75. The summed E-state index contributed by atoms with van der Waals surface area (Å²) in [7, 11) is 0. The predicted molar refractivity (Wildman–Crippen MR) is 56.9 cm³/mol. The molecule has 2 heteroatoms. The smallest absolute Gasteiger partial charge is 0.306 e. The summed E-state index contributed by atoms with van der Waals surface area (Å²) in [5.41, 5.74) is 0.0497. The van der Waals surface area contributed by atoms with E-state index in [4.69, 9.17) is 4.74 Å². The lowest BCUT2D eigenvalue weighted by molar-refractivity contribution is -0.146. The number of hydrogen-bond donors (Lipinski definition) is 0. The first kappa shape index (κ1) is 11.3. The molecule has 1 aliphatic rings. The number of allylic oxidation sites excluding steroid dienone is 2. The molecule has 1 unspecified atom stereocenters. The Labute approximate surface area is 86.3 Å². The van der Waals surface area contributed by atoms with Crippen molar-refractivity contribution in [1.82, 2.24) is 0 Å². The standard InChI is InChI=1S/C12H20O2/c1-10(2)9-14-11(13)8-12(3)6-4-5-7-12/h4,6,10H,5,7-9H2,1-3H3. The molecule has 2 nitrogen and oxygen atoms in total. The van der Waals surface area contributed by atoms with Crippen molar-refractivity contribution in [2.45, 2.75) is 40.0 Å².